The highest BCUT2D eigenvalue weighted by molar-refractivity contribution is 9.10. The highest BCUT2D eigenvalue weighted by Crippen LogP contribution is 2.28. The second kappa shape index (κ2) is 15.1. The lowest BCUT2D eigenvalue weighted by Crippen LogP contribution is -2.54. The van der Waals surface area contributed by atoms with Crippen molar-refractivity contribution in [3.63, 3.8) is 0 Å². The Morgan fingerprint density at radius 2 is 1.46 bits per heavy atom. The van der Waals surface area contributed by atoms with E-state index in [9.17, 15) is 18.0 Å². The minimum Gasteiger partial charge on any atom is -0.352 e. The predicted octanol–water partition coefficient (Wildman–Crippen LogP) is 6.96. The second-order valence-electron chi connectivity index (χ2n) is 12.0. The van der Waals surface area contributed by atoms with Crippen LogP contribution in [0.3, 0.4) is 0 Å². The summed E-state index contributed by atoms with van der Waals surface area (Å²) in [7, 11) is -4.14. The minimum atomic E-state index is -4.14. The summed E-state index contributed by atoms with van der Waals surface area (Å²) in [6.45, 7) is 3.38. The molecule has 9 heteroatoms. The molecule has 240 valence electrons. The summed E-state index contributed by atoms with van der Waals surface area (Å²) in [5.74, 6) is -0.700. The van der Waals surface area contributed by atoms with Gasteiger partial charge in [0.25, 0.3) is 10.0 Å². The highest BCUT2D eigenvalue weighted by Gasteiger charge is 2.36. The summed E-state index contributed by atoms with van der Waals surface area (Å²) in [6, 6.07) is 30.2. The fourth-order valence-corrected chi connectivity index (χ4v) is 7.65. The zero-order valence-electron chi connectivity index (χ0n) is 26.2. The van der Waals surface area contributed by atoms with Gasteiger partial charge in [-0.2, -0.15) is 0 Å². The van der Waals surface area contributed by atoms with Crippen molar-refractivity contribution in [3.8, 4) is 0 Å². The molecule has 1 aliphatic rings. The fraction of sp³-hybridized carbons (Fsp3) is 0.297. The van der Waals surface area contributed by atoms with Crippen molar-refractivity contribution >= 4 is 43.5 Å². The van der Waals surface area contributed by atoms with Gasteiger partial charge >= 0.3 is 0 Å². The molecule has 2 amide bonds. The molecule has 0 saturated heterocycles. The maximum atomic E-state index is 14.6. The van der Waals surface area contributed by atoms with Crippen LogP contribution in [0.25, 0.3) is 0 Å². The fourth-order valence-electron chi connectivity index (χ4n) is 5.90. The third-order valence-electron chi connectivity index (χ3n) is 8.51. The summed E-state index contributed by atoms with van der Waals surface area (Å²) in [4.78, 5) is 30.4. The van der Waals surface area contributed by atoms with Gasteiger partial charge in [0, 0.05) is 23.5 Å². The van der Waals surface area contributed by atoms with Crippen LogP contribution in [0.5, 0.6) is 0 Å². The molecule has 0 spiro atoms. The summed E-state index contributed by atoms with van der Waals surface area (Å²) in [5.41, 5.74) is 3.79. The molecule has 1 atom stereocenters. The number of benzene rings is 4. The van der Waals surface area contributed by atoms with E-state index in [1.807, 2.05) is 80.6 Å². The van der Waals surface area contributed by atoms with Crippen LogP contribution in [-0.2, 0) is 32.6 Å². The molecule has 0 aliphatic heterocycles. The van der Waals surface area contributed by atoms with E-state index in [0.29, 0.717) is 11.3 Å². The van der Waals surface area contributed by atoms with Crippen molar-refractivity contribution in [2.24, 2.45) is 0 Å². The number of sulfonamides is 1. The van der Waals surface area contributed by atoms with Crippen molar-refractivity contribution in [2.75, 3.05) is 10.8 Å². The summed E-state index contributed by atoms with van der Waals surface area (Å²) in [6.07, 6.45) is 4.20. The van der Waals surface area contributed by atoms with Crippen molar-refractivity contribution in [3.05, 3.63) is 130 Å². The Balaban J connectivity index is 1.57. The molecule has 4 aromatic rings. The van der Waals surface area contributed by atoms with E-state index >= 15 is 0 Å². The minimum absolute atomic E-state index is 0.0563. The largest absolute Gasteiger partial charge is 0.352 e. The third-order valence-corrected chi connectivity index (χ3v) is 10.8. The smallest absolute Gasteiger partial charge is 0.264 e. The van der Waals surface area contributed by atoms with Gasteiger partial charge in [-0.25, -0.2) is 8.42 Å². The maximum absolute atomic E-state index is 14.6. The number of anilines is 1. The Bertz CT molecular complexity index is 1740. The summed E-state index contributed by atoms with van der Waals surface area (Å²) in [5, 5.41) is 3.21. The SMILES string of the molecule is Cc1ccc(S(=O)(=O)N(CC(=O)N(Cc2ccc(Br)cc2)[C@H](Cc2ccccc2)C(=O)NC2CCCC2)c2ccccc2C)cc1. The third kappa shape index (κ3) is 8.25. The number of aryl methyl sites for hydroxylation is 2. The van der Waals surface area contributed by atoms with Crippen molar-refractivity contribution < 1.29 is 18.0 Å². The summed E-state index contributed by atoms with van der Waals surface area (Å²) >= 11 is 3.48. The predicted molar refractivity (Wildman–Crippen MR) is 186 cm³/mol. The first kappa shape index (κ1) is 33.4. The number of rotatable bonds is 12. The summed E-state index contributed by atoms with van der Waals surface area (Å²) < 4.78 is 30.6. The van der Waals surface area contributed by atoms with Gasteiger partial charge in [-0.05, 0) is 73.7 Å². The van der Waals surface area contributed by atoms with Gasteiger partial charge in [-0.1, -0.05) is 107 Å². The van der Waals surface area contributed by atoms with Crippen molar-refractivity contribution in [1.29, 1.82) is 0 Å². The lowest BCUT2D eigenvalue weighted by Gasteiger charge is -2.34. The van der Waals surface area contributed by atoms with Gasteiger partial charge in [0.2, 0.25) is 11.8 Å². The molecule has 1 aliphatic carbocycles. The van der Waals surface area contributed by atoms with Crippen molar-refractivity contribution in [1.82, 2.24) is 10.2 Å². The van der Waals surface area contributed by atoms with Gasteiger partial charge in [0.05, 0.1) is 10.6 Å². The number of nitrogens with zero attached hydrogens (tertiary/aromatic N) is 2. The Morgan fingerprint density at radius 3 is 2.11 bits per heavy atom. The molecule has 5 rings (SSSR count). The Labute approximate surface area is 280 Å². The van der Waals surface area contributed by atoms with Crippen LogP contribution in [0.4, 0.5) is 5.69 Å². The van der Waals surface area contributed by atoms with E-state index < -0.39 is 28.5 Å². The number of carbonyl (C=O) groups is 2. The van der Waals surface area contributed by atoms with E-state index in [2.05, 4.69) is 21.2 Å². The van der Waals surface area contributed by atoms with Gasteiger partial charge in [0.1, 0.15) is 12.6 Å². The highest BCUT2D eigenvalue weighted by atomic mass is 79.9. The number of amides is 2. The normalized spacial score (nSPS) is 14.1. The van der Waals surface area contributed by atoms with Gasteiger partial charge in [0.15, 0.2) is 0 Å². The van der Waals surface area contributed by atoms with Gasteiger partial charge in [-0.3, -0.25) is 13.9 Å². The van der Waals surface area contributed by atoms with E-state index in [0.717, 1.165) is 46.8 Å². The lowest BCUT2D eigenvalue weighted by atomic mass is 10.0. The molecular weight excluding hydrogens is 662 g/mol. The first-order chi connectivity index (χ1) is 22.1. The number of hydrogen-bond donors (Lipinski definition) is 1. The average molecular weight is 703 g/mol. The zero-order chi connectivity index (χ0) is 32.7. The lowest BCUT2D eigenvalue weighted by molar-refractivity contribution is -0.140. The van der Waals surface area contributed by atoms with Crippen LogP contribution in [0.15, 0.2) is 112 Å². The first-order valence-electron chi connectivity index (χ1n) is 15.6. The molecule has 0 radical (unpaired) electrons. The maximum Gasteiger partial charge on any atom is 0.264 e. The molecule has 4 aromatic carbocycles. The number of nitrogens with one attached hydrogen (secondary N) is 1. The zero-order valence-corrected chi connectivity index (χ0v) is 28.6. The van der Waals surface area contributed by atoms with Crippen molar-refractivity contribution in [2.45, 2.75) is 69.5 Å². The van der Waals surface area contributed by atoms with Crippen LogP contribution in [0, 0.1) is 13.8 Å². The average Bonchev–Trinajstić information content (AvgIpc) is 3.56. The Hall–Kier alpha value is -3.95. The quantitative estimate of drug-likeness (QED) is 0.173. The Morgan fingerprint density at radius 1 is 0.826 bits per heavy atom. The van der Waals surface area contributed by atoms with Crippen LogP contribution in [-0.4, -0.2) is 43.8 Å². The second-order valence-corrected chi connectivity index (χ2v) is 14.7. The molecule has 0 unspecified atom stereocenters. The molecule has 46 heavy (non-hydrogen) atoms. The van der Waals surface area contributed by atoms with Gasteiger partial charge < -0.3 is 10.2 Å². The molecule has 7 nitrogen and oxygen atoms in total. The topological polar surface area (TPSA) is 86.8 Å². The number of carbonyl (C=O) groups excluding carboxylic acids is 2. The molecule has 0 heterocycles. The van der Waals surface area contributed by atoms with Crippen LogP contribution >= 0.6 is 15.9 Å². The van der Waals surface area contributed by atoms with Crippen LogP contribution in [0.1, 0.15) is 47.9 Å². The number of halogens is 1. The van der Waals surface area contributed by atoms with E-state index in [4.69, 9.17) is 0 Å². The monoisotopic (exact) mass is 701 g/mol. The molecule has 0 aromatic heterocycles. The van der Waals surface area contributed by atoms with E-state index in [-0.39, 0.29) is 29.8 Å². The van der Waals surface area contributed by atoms with Crippen LogP contribution < -0.4 is 9.62 Å². The molecule has 1 N–H and O–H groups in total. The first-order valence-corrected chi connectivity index (χ1v) is 17.9. The standard InChI is InChI=1S/C37H40BrN3O4S/c1-27-16-22-33(23-17-27)46(44,45)41(34-15-9-6-10-28(34)2)26-36(42)40(25-30-18-20-31(38)21-19-30)35(24-29-11-4-3-5-12-29)37(43)39-32-13-7-8-14-32/h3-6,9-12,15-23,32,35H,7-8,13-14,24-26H2,1-2H3,(H,39,43)/t35-/m1/s1. The van der Waals surface area contributed by atoms with Crippen LogP contribution in [0.2, 0.25) is 0 Å². The van der Waals surface area contributed by atoms with E-state index in [1.165, 1.54) is 4.31 Å². The molecular formula is C37H40BrN3O4S. The van der Waals surface area contributed by atoms with Gasteiger partial charge in [-0.15, -0.1) is 0 Å². The molecule has 0 bridgehead atoms. The Kier molecular flexibility index (Phi) is 11.0. The molecule has 1 fully saturated rings. The molecule has 1 saturated carbocycles. The van der Waals surface area contributed by atoms with E-state index in [1.54, 1.807) is 41.3 Å². The number of para-hydroxylation sites is 1. The number of hydrogen-bond acceptors (Lipinski definition) is 4.